The lowest BCUT2D eigenvalue weighted by molar-refractivity contribution is -0.129. The lowest BCUT2D eigenvalue weighted by Crippen LogP contribution is -2.44. The number of aryl methyl sites for hydroxylation is 2. The Balaban J connectivity index is 1.72. The molecule has 0 aromatic heterocycles. The van der Waals surface area contributed by atoms with Gasteiger partial charge in [-0.15, -0.1) is 0 Å². The number of amides is 2. The SMILES string of the molecule is CCc1ccc(OCC(=O)NNC(=O)Cc2ccccc2C)cc1. The summed E-state index contributed by atoms with van der Waals surface area (Å²) in [5.74, 6) is -0.0637. The second kappa shape index (κ2) is 8.72. The summed E-state index contributed by atoms with van der Waals surface area (Å²) in [4.78, 5) is 23.6. The van der Waals surface area contributed by atoms with Crippen molar-refractivity contribution in [1.82, 2.24) is 10.9 Å². The van der Waals surface area contributed by atoms with Crippen LogP contribution in [0.2, 0.25) is 0 Å². The highest BCUT2D eigenvalue weighted by Crippen LogP contribution is 2.12. The van der Waals surface area contributed by atoms with Crippen molar-refractivity contribution in [2.75, 3.05) is 6.61 Å². The average Bonchev–Trinajstić information content (AvgIpc) is 2.60. The topological polar surface area (TPSA) is 67.4 Å². The molecule has 5 nitrogen and oxygen atoms in total. The highest BCUT2D eigenvalue weighted by atomic mass is 16.5. The Morgan fingerprint density at radius 3 is 2.29 bits per heavy atom. The molecule has 2 rings (SSSR count). The summed E-state index contributed by atoms with van der Waals surface area (Å²) >= 11 is 0. The summed E-state index contributed by atoms with van der Waals surface area (Å²) in [5, 5.41) is 0. The number of carbonyl (C=O) groups is 2. The molecule has 0 saturated heterocycles. The molecule has 0 bridgehead atoms. The summed E-state index contributed by atoms with van der Waals surface area (Å²) < 4.78 is 5.37. The normalized spacial score (nSPS) is 10.1. The van der Waals surface area contributed by atoms with Crippen LogP contribution in [0.5, 0.6) is 5.75 Å². The standard InChI is InChI=1S/C19H22N2O3/c1-3-15-8-10-17(11-9-15)24-13-19(23)21-20-18(22)12-16-7-5-4-6-14(16)2/h4-11H,3,12-13H2,1-2H3,(H,20,22)(H,21,23). The minimum Gasteiger partial charge on any atom is -0.484 e. The van der Waals surface area contributed by atoms with Crippen molar-refractivity contribution in [2.24, 2.45) is 0 Å². The number of hydrazine groups is 1. The zero-order chi connectivity index (χ0) is 17.4. The van der Waals surface area contributed by atoms with Crippen molar-refractivity contribution in [3.8, 4) is 5.75 Å². The van der Waals surface area contributed by atoms with Gasteiger partial charge in [0.05, 0.1) is 6.42 Å². The number of carbonyl (C=O) groups excluding carboxylic acids is 2. The van der Waals surface area contributed by atoms with Crippen molar-refractivity contribution >= 4 is 11.8 Å². The number of hydrogen-bond acceptors (Lipinski definition) is 3. The molecule has 0 aliphatic carbocycles. The quantitative estimate of drug-likeness (QED) is 0.801. The van der Waals surface area contributed by atoms with E-state index in [1.807, 2.05) is 55.5 Å². The fourth-order valence-corrected chi connectivity index (χ4v) is 2.17. The molecule has 0 aliphatic heterocycles. The largest absolute Gasteiger partial charge is 0.484 e. The van der Waals surface area contributed by atoms with Gasteiger partial charge in [-0.25, -0.2) is 0 Å². The molecule has 24 heavy (non-hydrogen) atoms. The van der Waals surface area contributed by atoms with Gasteiger partial charge >= 0.3 is 0 Å². The van der Waals surface area contributed by atoms with Gasteiger partial charge in [-0.3, -0.25) is 20.4 Å². The van der Waals surface area contributed by atoms with E-state index in [1.54, 1.807) is 0 Å². The van der Waals surface area contributed by atoms with Gasteiger partial charge < -0.3 is 4.74 Å². The summed E-state index contributed by atoms with van der Waals surface area (Å²) in [5.41, 5.74) is 7.92. The molecule has 2 amide bonds. The number of benzene rings is 2. The van der Waals surface area contributed by atoms with E-state index in [-0.39, 0.29) is 18.9 Å². The fourth-order valence-electron chi connectivity index (χ4n) is 2.17. The van der Waals surface area contributed by atoms with Gasteiger partial charge in [0, 0.05) is 0 Å². The molecule has 0 radical (unpaired) electrons. The van der Waals surface area contributed by atoms with E-state index in [2.05, 4.69) is 17.8 Å². The summed E-state index contributed by atoms with van der Waals surface area (Å²) in [6.45, 7) is 3.86. The molecule has 2 aromatic carbocycles. The Morgan fingerprint density at radius 1 is 0.958 bits per heavy atom. The molecule has 0 spiro atoms. The molecule has 2 aromatic rings. The van der Waals surface area contributed by atoms with Crippen molar-refractivity contribution in [3.63, 3.8) is 0 Å². The second-order valence-electron chi connectivity index (χ2n) is 5.49. The van der Waals surface area contributed by atoms with Crippen LogP contribution in [0.15, 0.2) is 48.5 Å². The van der Waals surface area contributed by atoms with E-state index < -0.39 is 5.91 Å². The van der Waals surface area contributed by atoms with E-state index in [4.69, 9.17) is 4.74 Å². The number of nitrogens with one attached hydrogen (secondary N) is 2. The van der Waals surface area contributed by atoms with E-state index in [9.17, 15) is 9.59 Å². The predicted molar refractivity (Wildman–Crippen MR) is 92.5 cm³/mol. The first-order valence-electron chi connectivity index (χ1n) is 7.92. The molecule has 0 unspecified atom stereocenters. The average molecular weight is 326 g/mol. The minimum atomic E-state index is -0.410. The Morgan fingerprint density at radius 2 is 1.62 bits per heavy atom. The maximum atomic E-state index is 11.8. The van der Waals surface area contributed by atoms with Gasteiger partial charge in [-0.1, -0.05) is 43.3 Å². The van der Waals surface area contributed by atoms with E-state index >= 15 is 0 Å². The van der Waals surface area contributed by atoms with Crippen LogP contribution >= 0.6 is 0 Å². The van der Waals surface area contributed by atoms with E-state index in [0.29, 0.717) is 5.75 Å². The van der Waals surface area contributed by atoms with Crippen LogP contribution in [-0.4, -0.2) is 18.4 Å². The molecule has 0 atom stereocenters. The number of rotatable bonds is 6. The van der Waals surface area contributed by atoms with Crippen LogP contribution in [0.4, 0.5) is 0 Å². The summed E-state index contributed by atoms with van der Waals surface area (Å²) in [6.07, 6.45) is 1.17. The molecular formula is C19H22N2O3. The number of ether oxygens (including phenoxy) is 1. The smallest absolute Gasteiger partial charge is 0.276 e. The van der Waals surface area contributed by atoms with Crippen LogP contribution in [0.3, 0.4) is 0 Å². The van der Waals surface area contributed by atoms with Gasteiger partial charge in [0.15, 0.2) is 6.61 Å². The first-order valence-corrected chi connectivity index (χ1v) is 7.92. The molecule has 5 heteroatoms. The van der Waals surface area contributed by atoms with Gasteiger partial charge in [0.1, 0.15) is 5.75 Å². The first-order chi connectivity index (χ1) is 11.6. The Kier molecular flexibility index (Phi) is 6.37. The van der Waals surface area contributed by atoms with Gasteiger partial charge in [0.2, 0.25) is 5.91 Å². The van der Waals surface area contributed by atoms with Gasteiger partial charge in [0.25, 0.3) is 5.91 Å². The molecule has 0 saturated carbocycles. The van der Waals surface area contributed by atoms with Crippen LogP contribution in [0.1, 0.15) is 23.6 Å². The van der Waals surface area contributed by atoms with Crippen molar-refractivity contribution < 1.29 is 14.3 Å². The molecule has 0 aliphatic rings. The van der Waals surface area contributed by atoms with E-state index in [1.165, 1.54) is 5.56 Å². The zero-order valence-corrected chi connectivity index (χ0v) is 14.0. The third-order valence-corrected chi connectivity index (χ3v) is 3.66. The Hall–Kier alpha value is -2.82. The van der Waals surface area contributed by atoms with Crippen molar-refractivity contribution in [3.05, 3.63) is 65.2 Å². The third-order valence-electron chi connectivity index (χ3n) is 3.66. The van der Waals surface area contributed by atoms with Crippen molar-refractivity contribution in [2.45, 2.75) is 26.7 Å². The molecule has 2 N–H and O–H groups in total. The fraction of sp³-hybridized carbons (Fsp3) is 0.263. The summed E-state index contributed by atoms with van der Waals surface area (Å²) in [6, 6.07) is 15.2. The first kappa shape index (κ1) is 17.5. The van der Waals surface area contributed by atoms with E-state index in [0.717, 1.165) is 17.5 Å². The van der Waals surface area contributed by atoms with Crippen LogP contribution in [-0.2, 0) is 22.4 Å². The second-order valence-corrected chi connectivity index (χ2v) is 5.49. The van der Waals surface area contributed by atoms with Crippen LogP contribution in [0.25, 0.3) is 0 Å². The molecular weight excluding hydrogens is 304 g/mol. The molecule has 0 heterocycles. The van der Waals surface area contributed by atoms with Gasteiger partial charge in [-0.05, 0) is 42.2 Å². The highest BCUT2D eigenvalue weighted by molar-refractivity contribution is 5.84. The van der Waals surface area contributed by atoms with Crippen LogP contribution in [0, 0.1) is 6.92 Å². The molecule has 0 fully saturated rings. The maximum absolute atomic E-state index is 11.8. The summed E-state index contributed by atoms with van der Waals surface area (Å²) in [7, 11) is 0. The van der Waals surface area contributed by atoms with Crippen molar-refractivity contribution in [1.29, 1.82) is 0 Å². The lowest BCUT2D eigenvalue weighted by Gasteiger charge is -2.10. The monoisotopic (exact) mass is 326 g/mol. The maximum Gasteiger partial charge on any atom is 0.276 e. The number of hydrogen-bond donors (Lipinski definition) is 2. The zero-order valence-electron chi connectivity index (χ0n) is 14.0. The molecule has 126 valence electrons. The van der Waals surface area contributed by atoms with Crippen LogP contribution < -0.4 is 15.6 Å². The van der Waals surface area contributed by atoms with Gasteiger partial charge in [-0.2, -0.15) is 0 Å². The Labute approximate surface area is 142 Å². The Bertz CT molecular complexity index is 696. The predicted octanol–water partition coefficient (Wildman–Crippen LogP) is 2.33. The third kappa shape index (κ3) is 5.43. The minimum absolute atomic E-state index is 0.157. The highest BCUT2D eigenvalue weighted by Gasteiger charge is 2.08. The lowest BCUT2D eigenvalue weighted by atomic mass is 10.1.